The molecule has 0 aromatic carbocycles. The third-order valence-corrected chi connectivity index (χ3v) is 4.55. The lowest BCUT2D eigenvalue weighted by atomic mass is 9.87. The second kappa shape index (κ2) is 6.02. The minimum atomic E-state index is -0.347. The van der Waals surface area contributed by atoms with Gasteiger partial charge in [0, 0.05) is 30.6 Å². The molecule has 0 bridgehead atoms. The number of rotatable bonds is 4. The Morgan fingerprint density at radius 3 is 2.50 bits per heavy atom. The Morgan fingerprint density at radius 2 is 2.00 bits per heavy atom. The maximum Gasteiger partial charge on any atom is 0.225 e. The Hall–Kier alpha value is -0.610. The lowest BCUT2D eigenvalue weighted by Crippen LogP contribution is -2.55. The van der Waals surface area contributed by atoms with Crippen molar-refractivity contribution in [3.8, 4) is 0 Å². The number of aliphatic hydroxyl groups excluding tert-OH is 1. The zero-order valence-corrected chi connectivity index (χ0v) is 13.4. The monoisotopic (exact) mass is 282 g/mol. The highest BCUT2D eigenvalue weighted by atomic mass is 16.3. The Bertz CT molecular complexity index is 347. The van der Waals surface area contributed by atoms with Crippen LogP contribution >= 0.6 is 0 Å². The van der Waals surface area contributed by atoms with Crippen molar-refractivity contribution in [1.29, 1.82) is 0 Å². The molecule has 0 radical (unpaired) electrons. The average molecular weight is 282 g/mol. The van der Waals surface area contributed by atoms with E-state index >= 15 is 0 Å². The number of amides is 1. The first kappa shape index (κ1) is 15.8. The van der Waals surface area contributed by atoms with Crippen LogP contribution in [0.2, 0.25) is 0 Å². The van der Waals surface area contributed by atoms with E-state index in [-0.39, 0.29) is 23.5 Å². The summed E-state index contributed by atoms with van der Waals surface area (Å²) in [4.78, 5) is 14.7. The molecule has 4 nitrogen and oxygen atoms in total. The molecule has 2 fully saturated rings. The first-order valence-electron chi connectivity index (χ1n) is 8.04. The van der Waals surface area contributed by atoms with E-state index in [4.69, 9.17) is 0 Å². The summed E-state index contributed by atoms with van der Waals surface area (Å²) in [5, 5.41) is 13.4. The van der Waals surface area contributed by atoms with Gasteiger partial charge in [-0.2, -0.15) is 0 Å². The molecule has 2 rings (SSSR count). The molecule has 1 saturated heterocycles. The number of nitrogens with one attached hydrogen (secondary N) is 1. The molecule has 0 aromatic heterocycles. The summed E-state index contributed by atoms with van der Waals surface area (Å²) in [6.07, 6.45) is 4.00. The number of piperidine rings is 1. The molecule has 1 saturated carbocycles. The summed E-state index contributed by atoms with van der Waals surface area (Å²) >= 11 is 0. The molecule has 1 amide bonds. The van der Waals surface area contributed by atoms with Crippen LogP contribution in [0.3, 0.4) is 0 Å². The molecule has 0 aromatic rings. The highest BCUT2D eigenvalue weighted by molar-refractivity contribution is 5.81. The number of carbonyl (C=O) groups excluding carboxylic acids is 1. The second-order valence-corrected chi connectivity index (χ2v) is 7.58. The quantitative estimate of drug-likeness (QED) is 0.826. The number of likely N-dealkylation sites (tertiary alicyclic amines) is 1. The Labute approximate surface area is 122 Å². The lowest BCUT2D eigenvalue weighted by molar-refractivity contribution is -0.130. The molecule has 116 valence electrons. The minimum absolute atomic E-state index is 0.116. The van der Waals surface area contributed by atoms with Gasteiger partial charge in [0.1, 0.15) is 0 Å². The molecule has 1 aliphatic carbocycles. The fraction of sp³-hybridized carbons (Fsp3) is 0.938. The topological polar surface area (TPSA) is 52.6 Å². The smallest absolute Gasteiger partial charge is 0.225 e. The van der Waals surface area contributed by atoms with E-state index in [1.165, 1.54) is 12.8 Å². The number of nitrogens with zero attached hydrogens (tertiary/aromatic N) is 1. The summed E-state index contributed by atoms with van der Waals surface area (Å²) in [6, 6.07) is 0.873. The van der Waals surface area contributed by atoms with Crippen LogP contribution in [-0.4, -0.2) is 47.2 Å². The van der Waals surface area contributed by atoms with Crippen molar-refractivity contribution in [3.05, 3.63) is 0 Å². The molecule has 0 spiro atoms. The average Bonchev–Trinajstić information content (AvgIpc) is 3.20. The predicted octanol–water partition coefficient (Wildman–Crippen LogP) is 1.77. The van der Waals surface area contributed by atoms with Crippen molar-refractivity contribution in [2.45, 2.75) is 71.6 Å². The summed E-state index contributed by atoms with van der Waals surface area (Å²) in [5.41, 5.74) is -0.347. The Kier molecular flexibility index (Phi) is 4.75. The second-order valence-electron chi connectivity index (χ2n) is 7.58. The van der Waals surface area contributed by atoms with Crippen LogP contribution in [0.1, 0.15) is 53.4 Å². The molecule has 3 unspecified atom stereocenters. The summed E-state index contributed by atoms with van der Waals surface area (Å²) in [6.45, 7) is 9.80. The maximum absolute atomic E-state index is 12.2. The van der Waals surface area contributed by atoms with Gasteiger partial charge in [0.05, 0.1) is 6.10 Å². The van der Waals surface area contributed by atoms with Gasteiger partial charge in [-0.25, -0.2) is 0 Å². The van der Waals surface area contributed by atoms with Crippen LogP contribution in [0.5, 0.6) is 0 Å². The van der Waals surface area contributed by atoms with Gasteiger partial charge < -0.3 is 10.4 Å². The molecule has 2 aliphatic rings. The molecular formula is C16H30N2O2. The van der Waals surface area contributed by atoms with Gasteiger partial charge in [-0.1, -0.05) is 27.7 Å². The predicted molar refractivity (Wildman–Crippen MR) is 80.4 cm³/mol. The van der Waals surface area contributed by atoms with Crippen molar-refractivity contribution < 1.29 is 9.90 Å². The maximum atomic E-state index is 12.2. The van der Waals surface area contributed by atoms with Crippen LogP contribution in [0.25, 0.3) is 0 Å². The van der Waals surface area contributed by atoms with Gasteiger partial charge in [-0.3, -0.25) is 9.69 Å². The van der Waals surface area contributed by atoms with Crippen molar-refractivity contribution in [1.82, 2.24) is 10.2 Å². The molecule has 20 heavy (non-hydrogen) atoms. The van der Waals surface area contributed by atoms with Gasteiger partial charge in [-0.05, 0) is 31.6 Å². The number of hydrogen-bond donors (Lipinski definition) is 2. The summed E-state index contributed by atoms with van der Waals surface area (Å²) < 4.78 is 0. The molecular weight excluding hydrogens is 252 g/mol. The van der Waals surface area contributed by atoms with Gasteiger partial charge in [0.2, 0.25) is 5.91 Å². The zero-order chi connectivity index (χ0) is 14.9. The van der Waals surface area contributed by atoms with Crippen molar-refractivity contribution >= 4 is 5.91 Å². The van der Waals surface area contributed by atoms with Gasteiger partial charge in [0.25, 0.3) is 0 Å². The van der Waals surface area contributed by atoms with E-state index < -0.39 is 0 Å². The molecule has 3 atom stereocenters. The molecule has 1 heterocycles. The van der Waals surface area contributed by atoms with E-state index in [2.05, 4.69) is 10.2 Å². The largest absolute Gasteiger partial charge is 0.393 e. The fourth-order valence-corrected chi connectivity index (χ4v) is 3.03. The number of aliphatic hydroxyl groups is 1. The number of hydrogen-bond acceptors (Lipinski definition) is 3. The number of carbonyl (C=O) groups is 1. The van der Waals surface area contributed by atoms with Crippen LogP contribution in [0.4, 0.5) is 0 Å². The highest BCUT2D eigenvalue weighted by Gasteiger charge is 2.39. The van der Waals surface area contributed by atoms with Crippen molar-refractivity contribution in [2.24, 2.45) is 11.3 Å². The normalized spacial score (nSPS) is 30.1. The molecule has 2 N–H and O–H groups in total. The fourth-order valence-electron chi connectivity index (χ4n) is 3.03. The minimum Gasteiger partial charge on any atom is -0.393 e. The van der Waals surface area contributed by atoms with E-state index in [1.807, 2.05) is 27.7 Å². The van der Waals surface area contributed by atoms with Crippen LogP contribution in [-0.2, 0) is 4.79 Å². The van der Waals surface area contributed by atoms with Gasteiger partial charge in [0.15, 0.2) is 0 Å². The third-order valence-electron chi connectivity index (χ3n) is 4.55. The summed E-state index contributed by atoms with van der Waals surface area (Å²) in [7, 11) is 0. The molecule has 4 heteroatoms. The van der Waals surface area contributed by atoms with Crippen molar-refractivity contribution in [2.75, 3.05) is 13.1 Å². The zero-order valence-electron chi connectivity index (χ0n) is 13.4. The van der Waals surface area contributed by atoms with Gasteiger partial charge in [-0.15, -0.1) is 0 Å². The van der Waals surface area contributed by atoms with Gasteiger partial charge >= 0.3 is 0 Å². The van der Waals surface area contributed by atoms with Crippen LogP contribution < -0.4 is 5.32 Å². The van der Waals surface area contributed by atoms with E-state index in [0.717, 1.165) is 25.9 Å². The highest BCUT2D eigenvalue weighted by Crippen LogP contribution is 2.32. The molecule has 1 aliphatic heterocycles. The van der Waals surface area contributed by atoms with Crippen LogP contribution in [0, 0.1) is 11.3 Å². The standard InChI is InChI=1S/C16H30N2O2/c1-5-14(19)11-8-12(17-15(20)16(2,3)4)10-18(9-11)13-6-7-13/h11-14,19H,5-10H2,1-4H3,(H,17,20). The third kappa shape index (κ3) is 3.95. The summed E-state index contributed by atoms with van der Waals surface area (Å²) in [5.74, 6) is 0.407. The van der Waals surface area contributed by atoms with Crippen LogP contribution in [0.15, 0.2) is 0 Å². The van der Waals surface area contributed by atoms with E-state index in [0.29, 0.717) is 12.0 Å². The Balaban J connectivity index is 1.98. The van der Waals surface area contributed by atoms with Crippen molar-refractivity contribution in [3.63, 3.8) is 0 Å². The Morgan fingerprint density at radius 1 is 1.35 bits per heavy atom. The lowest BCUT2D eigenvalue weighted by Gasteiger charge is -2.40. The van der Waals surface area contributed by atoms with E-state index in [1.54, 1.807) is 0 Å². The van der Waals surface area contributed by atoms with E-state index in [9.17, 15) is 9.90 Å². The first-order chi connectivity index (χ1) is 9.31. The SMILES string of the molecule is CCC(O)C1CC(NC(=O)C(C)(C)C)CN(C2CC2)C1. The first-order valence-corrected chi connectivity index (χ1v) is 8.04.